The first-order chi connectivity index (χ1) is 11.4. The second kappa shape index (κ2) is 6.06. The second-order valence-corrected chi connectivity index (χ2v) is 6.64. The summed E-state index contributed by atoms with van der Waals surface area (Å²) >= 11 is 0. The van der Waals surface area contributed by atoms with Gasteiger partial charge in [-0.2, -0.15) is 8.42 Å². The van der Waals surface area contributed by atoms with Gasteiger partial charge in [-0.1, -0.05) is 30.3 Å². The van der Waals surface area contributed by atoms with E-state index in [-0.39, 0.29) is 16.3 Å². The number of fused-ring (bicyclic) bond motifs is 1. The number of hydrogen-bond acceptors (Lipinski definition) is 6. The zero-order chi connectivity index (χ0) is 17.3. The molecule has 0 spiro atoms. The molecule has 2 aromatic carbocycles. The topological polar surface area (TPSA) is 95.7 Å². The Labute approximate surface area is 138 Å². The SMILES string of the molecule is COC(C1=Cc2cc([N+](=O)[O-])ccc2OS1(=O)=O)c1ccccc1. The summed E-state index contributed by atoms with van der Waals surface area (Å²) in [6, 6.07) is 12.5. The molecule has 8 heteroatoms. The fourth-order valence-corrected chi connectivity index (χ4v) is 3.73. The third-order valence-electron chi connectivity index (χ3n) is 3.59. The maximum Gasteiger partial charge on any atom is 0.338 e. The average Bonchev–Trinajstić information content (AvgIpc) is 2.56. The molecule has 1 aliphatic rings. The Bertz CT molecular complexity index is 921. The number of ether oxygens (including phenoxy) is 1. The summed E-state index contributed by atoms with van der Waals surface area (Å²) in [6.07, 6.45) is 0.478. The van der Waals surface area contributed by atoms with Crippen LogP contribution in [0.4, 0.5) is 5.69 Å². The van der Waals surface area contributed by atoms with Gasteiger partial charge in [-0.15, -0.1) is 0 Å². The lowest BCUT2D eigenvalue weighted by Gasteiger charge is -2.23. The average molecular weight is 347 g/mol. The maximum atomic E-state index is 12.4. The van der Waals surface area contributed by atoms with Crippen molar-refractivity contribution in [3.63, 3.8) is 0 Å². The fraction of sp³-hybridized carbons (Fsp3) is 0.125. The predicted molar refractivity (Wildman–Crippen MR) is 86.8 cm³/mol. The largest absolute Gasteiger partial charge is 0.378 e. The number of nitrogens with zero attached hydrogens (tertiary/aromatic N) is 1. The number of non-ortho nitro benzene ring substituents is 1. The molecule has 1 heterocycles. The minimum absolute atomic E-state index is 0.0484. The van der Waals surface area contributed by atoms with Gasteiger partial charge in [0.05, 0.1) is 4.92 Å². The molecule has 1 unspecified atom stereocenters. The van der Waals surface area contributed by atoms with Crippen molar-refractivity contribution in [1.82, 2.24) is 0 Å². The zero-order valence-electron chi connectivity index (χ0n) is 12.6. The molecule has 0 aromatic heterocycles. The van der Waals surface area contributed by atoms with Gasteiger partial charge < -0.3 is 8.92 Å². The van der Waals surface area contributed by atoms with Crippen molar-refractivity contribution in [3.8, 4) is 5.75 Å². The Hall–Kier alpha value is -2.71. The van der Waals surface area contributed by atoms with Gasteiger partial charge in [0.15, 0.2) is 5.75 Å². The lowest BCUT2D eigenvalue weighted by Crippen LogP contribution is -2.22. The minimum Gasteiger partial charge on any atom is -0.378 e. The molecule has 2 aromatic rings. The van der Waals surface area contributed by atoms with E-state index >= 15 is 0 Å². The minimum atomic E-state index is -4.06. The molecule has 0 saturated heterocycles. The molecule has 0 fully saturated rings. The van der Waals surface area contributed by atoms with Crippen molar-refractivity contribution in [2.75, 3.05) is 7.11 Å². The van der Waals surface area contributed by atoms with Crippen molar-refractivity contribution in [3.05, 3.63) is 74.7 Å². The molecule has 0 aliphatic carbocycles. The number of methoxy groups -OCH3 is 1. The van der Waals surface area contributed by atoms with Gasteiger partial charge in [0.25, 0.3) is 5.69 Å². The van der Waals surface area contributed by atoms with Crippen LogP contribution in [0.15, 0.2) is 53.4 Å². The first kappa shape index (κ1) is 16.2. The first-order valence-corrected chi connectivity index (χ1v) is 8.35. The maximum absolute atomic E-state index is 12.4. The van der Waals surface area contributed by atoms with E-state index in [0.717, 1.165) is 0 Å². The smallest absolute Gasteiger partial charge is 0.338 e. The molecular formula is C16H13NO6S. The lowest BCUT2D eigenvalue weighted by molar-refractivity contribution is -0.384. The third-order valence-corrected chi connectivity index (χ3v) is 4.89. The predicted octanol–water partition coefficient (Wildman–Crippen LogP) is 3.05. The van der Waals surface area contributed by atoms with Crippen LogP contribution < -0.4 is 4.18 Å². The van der Waals surface area contributed by atoms with E-state index in [0.29, 0.717) is 11.1 Å². The highest BCUT2D eigenvalue weighted by Gasteiger charge is 2.34. The standard InChI is InChI=1S/C16H13NO6S/c1-22-16(11-5-3-2-4-6-11)15-10-12-9-13(17(18)19)7-8-14(12)23-24(15,20)21/h2-10,16H,1H3. The van der Waals surface area contributed by atoms with Crippen molar-refractivity contribution in [2.24, 2.45) is 0 Å². The van der Waals surface area contributed by atoms with E-state index in [9.17, 15) is 18.5 Å². The quantitative estimate of drug-likeness (QED) is 0.479. The zero-order valence-corrected chi connectivity index (χ0v) is 13.4. The van der Waals surface area contributed by atoms with Crippen LogP contribution in [0.1, 0.15) is 17.2 Å². The van der Waals surface area contributed by atoms with Gasteiger partial charge in [0.1, 0.15) is 11.0 Å². The number of nitro groups is 1. The van der Waals surface area contributed by atoms with E-state index in [2.05, 4.69) is 0 Å². The molecule has 1 atom stereocenters. The Morgan fingerprint density at radius 2 is 1.88 bits per heavy atom. The number of rotatable bonds is 4. The Kier molecular flexibility index (Phi) is 4.08. The fourth-order valence-electron chi connectivity index (χ4n) is 2.48. The normalized spacial score (nSPS) is 16.5. The van der Waals surface area contributed by atoms with Crippen LogP contribution in [0.5, 0.6) is 5.75 Å². The second-order valence-electron chi connectivity index (χ2n) is 5.09. The first-order valence-electron chi connectivity index (χ1n) is 6.94. The molecule has 3 rings (SSSR count). The summed E-state index contributed by atoms with van der Waals surface area (Å²) in [5.41, 5.74) is 0.792. The Morgan fingerprint density at radius 1 is 1.17 bits per heavy atom. The van der Waals surface area contributed by atoms with E-state index in [4.69, 9.17) is 8.92 Å². The Balaban J connectivity index is 2.14. The highest BCUT2D eigenvalue weighted by atomic mass is 32.2. The van der Waals surface area contributed by atoms with Crippen LogP contribution in [0.25, 0.3) is 6.08 Å². The van der Waals surface area contributed by atoms with Gasteiger partial charge in [-0.3, -0.25) is 10.1 Å². The Morgan fingerprint density at radius 3 is 2.50 bits per heavy atom. The molecule has 124 valence electrons. The van der Waals surface area contributed by atoms with Crippen molar-refractivity contribution < 1.29 is 22.3 Å². The summed E-state index contributed by atoms with van der Waals surface area (Å²) < 4.78 is 35.3. The van der Waals surface area contributed by atoms with Crippen LogP contribution >= 0.6 is 0 Å². The van der Waals surface area contributed by atoms with Crippen molar-refractivity contribution in [2.45, 2.75) is 6.10 Å². The van der Waals surface area contributed by atoms with Gasteiger partial charge >= 0.3 is 10.1 Å². The van der Waals surface area contributed by atoms with E-state index in [1.807, 2.05) is 0 Å². The summed E-state index contributed by atoms with van der Waals surface area (Å²) in [7, 11) is -2.68. The molecule has 0 amide bonds. The lowest BCUT2D eigenvalue weighted by atomic mass is 10.1. The van der Waals surface area contributed by atoms with Crippen LogP contribution in [0.2, 0.25) is 0 Å². The van der Waals surface area contributed by atoms with Gasteiger partial charge in [0.2, 0.25) is 0 Å². The monoisotopic (exact) mass is 347 g/mol. The van der Waals surface area contributed by atoms with E-state index < -0.39 is 21.1 Å². The highest BCUT2D eigenvalue weighted by molar-refractivity contribution is 7.91. The number of hydrogen-bond donors (Lipinski definition) is 0. The van der Waals surface area contributed by atoms with Crippen LogP contribution in [0.3, 0.4) is 0 Å². The van der Waals surface area contributed by atoms with Crippen molar-refractivity contribution >= 4 is 21.9 Å². The van der Waals surface area contributed by atoms with Crippen molar-refractivity contribution in [1.29, 1.82) is 0 Å². The van der Waals surface area contributed by atoms with Crippen LogP contribution in [-0.4, -0.2) is 20.5 Å². The molecule has 7 nitrogen and oxygen atoms in total. The number of nitro benzene ring substituents is 1. The molecular weight excluding hydrogens is 334 g/mol. The summed E-state index contributed by atoms with van der Waals surface area (Å²) in [5.74, 6) is 0.0484. The van der Waals surface area contributed by atoms with E-state index in [1.165, 1.54) is 31.4 Å². The summed E-state index contributed by atoms with van der Waals surface area (Å²) in [4.78, 5) is 10.2. The third kappa shape index (κ3) is 2.89. The molecule has 0 radical (unpaired) electrons. The summed E-state index contributed by atoms with van der Waals surface area (Å²) in [5, 5.41) is 10.9. The summed E-state index contributed by atoms with van der Waals surface area (Å²) in [6.45, 7) is 0. The molecule has 0 bridgehead atoms. The van der Waals surface area contributed by atoms with Crippen LogP contribution in [0, 0.1) is 10.1 Å². The van der Waals surface area contributed by atoms with Gasteiger partial charge in [-0.05, 0) is 17.7 Å². The molecule has 0 saturated carbocycles. The van der Waals surface area contributed by atoms with Gasteiger partial charge in [0, 0.05) is 24.8 Å². The molecule has 24 heavy (non-hydrogen) atoms. The molecule has 1 aliphatic heterocycles. The number of benzene rings is 2. The highest BCUT2D eigenvalue weighted by Crippen LogP contribution is 2.39. The van der Waals surface area contributed by atoms with E-state index in [1.54, 1.807) is 30.3 Å². The molecule has 0 N–H and O–H groups in total. The van der Waals surface area contributed by atoms with Gasteiger partial charge in [-0.25, -0.2) is 0 Å². The van der Waals surface area contributed by atoms with Crippen LogP contribution in [-0.2, 0) is 14.9 Å².